The molecule has 0 aliphatic rings. The van der Waals surface area contributed by atoms with Gasteiger partial charge < -0.3 is 14.8 Å². The second-order valence-corrected chi connectivity index (χ2v) is 7.02. The van der Waals surface area contributed by atoms with Gasteiger partial charge in [-0.05, 0) is 49.4 Å². The second kappa shape index (κ2) is 8.75. The largest absolute Gasteiger partial charge is 0.497 e. The number of benzene rings is 3. The Balaban J connectivity index is 1.58. The van der Waals surface area contributed by atoms with Crippen LogP contribution in [0.3, 0.4) is 0 Å². The summed E-state index contributed by atoms with van der Waals surface area (Å²) in [6.07, 6.45) is 0. The van der Waals surface area contributed by atoms with E-state index in [1.165, 1.54) is 0 Å². The third kappa shape index (κ3) is 4.28. The Labute approximate surface area is 181 Å². The summed E-state index contributed by atoms with van der Waals surface area (Å²) in [5.41, 5.74) is 4.99. The van der Waals surface area contributed by atoms with Crippen molar-refractivity contribution < 1.29 is 14.3 Å². The number of aryl methyl sites for hydroxylation is 1. The van der Waals surface area contributed by atoms with Gasteiger partial charge in [0.05, 0.1) is 37.0 Å². The van der Waals surface area contributed by atoms with Gasteiger partial charge in [-0.25, -0.2) is 4.68 Å². The number of rotatable bonds is 6. The van der Waals surface area contributed by atoms with Crippen molar-refractivity contribution in [1.82, 2.24) is 9.78 Å². The van der Waals surface area contributed by atoms with Gasteiger partial charge >= 0.3 is 0 Å². The van der Waals surface area contributed by atoms with Crippen LogP contribution in [0.1, 0.15) is 16.1 Å². The molecule has 0 bridgehead atoms. The lowest BCUT2D eigenvalue weighted by atomic mass is 10.1. The maximum atomic E-state index is 12.8. The summed E-state index contributed by atoms with van der Waals surface area (Å²) in [6, 6.07) is 24.7. The Kier molecular flexibility index (Phi) is 5.71. The molecule has 0 saturated carbocycles. The predicted molar refractivity (Wildman–Crippen MR) is 121 cm³/mol. The number of hydrogen-bond acceptors (Lipinski definition) is 4. The lowest BCUT2D eigenvalue weighted by Gasteiger charge is -2.12. The number of methoxy groups -OCH3 is 2. The van der Waals surface area contributed by atoms with Gasteiger partial charge in [0.25, 0.3) is 5.91 Å². The Morgan fingerprint density at radius 1 is 0.903 bits per heavy atom. The number of ether oxygens (including phenoxy) is 2. The molecule has 156 valence electrons. The lowest BCUT2D eigenvalue weighted by molar-refractivity contribution is 0.102. The third-order valence-electron chi connectivity index (χ3n) is 4.93. The molecule has 0 aliphatic heterocycles. The molecule has 0 saturated heterocycles. The number of aromatic nitrogens is 2. The fourth-order valence-electron chi connectivity index (χ4n) is 3.36. The van der Waals surface area contributed by atoms with Gasteiger partial charge in [0, 0.05) is 17.2 Å². The standard InChI is InChI=1S/C25H23N3O3/c1-17-15-23(18-7-5-4-6-8-18)28(27-17)20-11-9-19(10-12-20)25(29)26-22-14-13-21(30-2)16-24(22)31-3/h4-16H,1-3H3,(H,26,29). The molecule has 3 aromatic carbocycles. The molecule has 0 fully saturated rings. The maximum absolute atomic E-state index is 12.8. The minimum absolute atomic E-state index is 0.227. The zero-order chi connectivity index (χ0) is 21.8. The van der Waals surface area contributed by atoms with Crippen LogP contribution in [0, 0.1) is 6.92 Å². The Morgan fingerprint density at radius 3 is 2.32 bits per heavy atom. The molecule has 1 N–H and O–H groups in total. The minimum Gasteiger partial charge on any atom is -0.497 e. The number of carbonyl (C=O) groups excluding carboxylic acids is 1. The highest BCUT2D eigenvalue weighted by Crippen LogP contribution is 2.29. The summed E-state index contributed by atoms with van der Waals surface area (Å²) >= 11 is 0. The predicted octanol–water partition coefficient (Wildman–Crippen LogP) is 5.12. The highest BCUT2D eigenvalue weighted by atomic mass is 16.5. The number of amides is 1. The van der Waals surface area contributed by atoms with Gasteiger partial charge in [0.1, 0.15) is 11.5 Å². The maximum Gasteiger partial charge on any atom is 0.255 e. The highest BCUT2D eigenvalue weighted by Gasteiger charge is 2.13. The van der Waals surface area contributed by atoms with Crippen LogP contribution in [0.25, 0.3) is 16.9 Å². The summed E-state index contributed by atoms with van der Waals surface area (Å²) in [6.45, 7) is 1.97. The van der Waals surface area contributed by atoms with Gasteiger partial charge in [-0.3, -0.25) is 4.79 Å². The van der Waals surface area contributed by atoms with E-state index in [2.05, 4.69) is 22.5 Å². The van der Waals surface area contributed by atoms with Gasteiger partial charge in [-0.15, -0.1) is 0 Å². The van der Waals surface area contributed by atoms with Crippen molar-refractivity contribution in [3.8, 4) is 28.4 Å². The first-order valence-corrected chi connectivity index (χ1v) is 9.85. The van der Waals surface area contributed by atoms with Crippen molar-refractivity contribution in [1.29, 1.82) is 0 Å². The zero-order valence-electron chi connectivity index (χ0n) is 17.6. The third-order valence-corrected chi connectivity index (χ3v) is 4.93. The fourth-order valence-corrected chi connectivity index (χ4v) is 3.36. The van der Waals surface area contributed by atoms with E-state index in [0.29, 0.717) is 22.7 Å². The summed E-state index contributed by atoms with van der Waals surface area (Å²) in [5.74, 6) is 0.960. The van der Waals surface area contributed by atoms with Crippen molar-refractivity contribution in [3.05, 3.63) is 90.1 Å². The van der Waals surface area contributed by atoms with E-state index < -0.39 is 0 Å². The summed E-state index contributed by atoms with van der Waals surface area (Å²) in [5, 5.41) is 7.51. The van der Waals surface area contributed by atoms with Crippen LogP contribution < -0.4 is 14.8 Å². The van der Waals surface area contributed by atoms with Gasteiger partial charge in [-0.2, -0.15) is 5.10 Å². The summed E-state index contributed by atoms with van der Waals surface area (Å²) in [7, 11) is 3.13. The Morgan fingerprint density at radius 2 is 1.65 bits per heavy atom. The first-order chi connectivity index (χ1) is 15.1. The van der Waals surface area contributed by atoms with Crippen molar-refractivity contribution in [2.24, 2.45) is 0 Å². The van der Waals surface area contributed by atoms with Crippen molar-refractivity contribution >= 4 is 11.6 Å². The molecule has 6 nitrogen and oxygen atoms in total. The van der Waals surface area contributed by atoms with Crippen LogP contribution in [-0.2, 0) is 0 Å². The quantitative estimate of drug-likeness (QED) is 0.477. The van der Waals surface area contributed by atoms with Gasteiger partial charge in [0.2, 0.25) is 0 Å². The molecule has 1 heterocycles. The lowest BCUT2D eigenvalue weighted by Crippen LogP contribution is -2.13. The van der Waals surface area contributed by atoms with Gasteiger partial charge in [0.15, 0.2) is 0 Å². The van der Waals surface area contributed by atoms with Crippen LogP contribution in [0.4, 0.5) is 5.69 Å². The van der Waals surface area contributed by atoms with Gasteiger partial charge in [-0.1, -0.05) is 30.3 Å². The monoisotopic (exact) mass is 413 g/mol. The number of anilines is 1. The minimum atomic E-state index is -0.227. The molecule has 0 atom stereocenters. The smallest absolute Gasteiger partial charge is 0.255 e. The molecule has 0 aliphatic carbocycles. The molecule has 0 radical (unpaired) electrons. The molecule has 4 aromatic rings. The Bertz CT molecular complexity index is 1200. The normalized spacial score (nSPS) is 10.5. The average molecular weight is 413 g/mol. The van der Waals surface area contributed by atoms with E-state index in [1.54, 1.807) is 44.6 Å². The van der Waals surface area contributed by atoms with E-state index in [4.69, 9.17) is 9.47 Å². The van der Waals surface area contributed by atoms with Crippen LogP contribution in [-0.4, -0.2) is 29.9 Å². The molecular weight excluding hydrogens is 390 g/mol. The number of carbonyl (C=O) groups is 1. The van der Waals surface area contributed by atoms with Crippen molar-refractivity contribution in [2.75, 3.05) is 19.5 Å². The van der Waals surface area contributed by atoms with E-state index in [0.717, 1.165) is 22.6 Å². The molecule has 0 unspecified atom stereocenters. The molecular formula is C25H23N3O3. The number of nitrogens with one attached hydrogen (secondary N) is 1. The summed E-state index contributed by atoms with van der Waals surface area (Å²) in [4.78, 5) is 12.8. The second-order valence-electron chi connectivity index (χ2n) is 7.02. The molecule has 1 aromatic heterocycles. The zero-order valence-corrected chi connectivity index (χ0v) is 17.6. The molecule has 31 heavy (non-hydrogen) atoms. The van der Waals surface area contributed by atoms with Crippen LogP contribution in [0.15, 0.2) is 78.9 Å². The van der Waals surface area contributed by atoms with E-state index >= 15 is 0 Å². The van der Waals surface area contributed by atoms with E-state index in [1.807, 2.05) is 48.0 Å². The first-order valence-electron chi connectivity index (χ1n) is 9.85. The van der Waals surface area contributed by atoms with Crippen LogP contribution >= 0.6 is 0 Å². The molecule has 1 amide bonds. The highest BCUT2D eigenvalue weighted by molar-refractivity contribution is 6.05. The fraction of sp³-hybridized carbons (Fsp3) is 0.120. The average Bonchev–Trinajstić information content (AvgIpc) is 3.21. The molecule has 0 spiro atoms. The first kappa shape index (κ1) is 20.2. The van der Waals surface area contributed by atoms with Crippen LogP contribution in [0.5, 0.6) is 11.5 Å². The van der Waals surface area contributed by atoms with E-state index in [-0.39, 0.29) is 5.91 Å². The summed E-state index contributed by atoms with van der Waals surface area (Å²) < 4.78 is 12.4. The van der Waals surface area contributed by atoms with Crippen LogP contribution in [0.2, 0.25) is 0 Å². The topological polar surface area (TPSA) is 65.4 Å². The number of hydrogen-bond donors (Lipinski definition) is 1. The number of nitrogens with zero attached hydrogens (tertiary/aromatic N) is 2. The SMILES string of the molecule is COc1ccc(NC(=O)c2ccc(-n3nc(C)cc3-c3ccccc3)cc2)c(OC)c1. The van der Waals surface area contributed by atoms with E-state index in [9.17, 15) is 4.79 Å². The Hall–Kier alpha value is -4.06. The molecule has 4 rings (SSSR count). The van der Waals surface area contributed by atoms with Crippen molar-refractivity contribution in [2.45, 2.75) is 6.92 Å². The molecule has 6 heteroatoms. The van der Waals surface area contributed by atoms with Crippen molar-refractivity contribution in [3.63, 3.8) is 0 Å².